The van der Waals surface area contributed by atoms with Crippen molar-refractivity contribution in [2.45, 2.75) is 19.8 Å². The second kappa shape index (κ2) is 11.6. The van der Waals surface area contributed by atoms with E-state index < -0.39 is 18.1 Å². The summed E-state index contributed by atoms with van der Waals surface area (Å²) in [4.78, 5) is 43.0. The summed E-state index contributed by atoms with van der Waals surface area (Å²) >= 11 is 1.51. The molecule has 0 unspecified atom stereocenters. The van der Waals surface area contributed by atoms with Crippen LogP contribution in [0.5, 0.6) is 0 Å². The molecule has 32 heavy (non-hydrogen) atoms. The van der Waals surface area contributed by atoms with Gasteiger partial charge in [0.2, 0.25) is 0 Å². The smallest absolute Gasteiger partial charge is 0.441 e. The molecule has 2 aromatic carbocycles. The summed E-state index contributed by atoms with van der Waals surface area (Å²) in [5, 5.41) is 5.14. The zero-order chi connectivity index (χ0) is 22.8. The molecule has 166 valence electrons. The maximum absolute atomic E-state index is 12.8. The predicted octanol–water partition coefficient (Wildman–Crippen LogP) is 4.51. The van der Waals surface area contributed by atoms with Crippen LogP contribution in [-0.2, 0) is 34.1 Å². The lowest BCUT2D eigenvalue weighted by molar-refractivity contribution is -0.113. The summed E-state index contributed by atoms with van der Waals surface area (Å²) in [6.07, 6.45) is -1.46. The molecular weight excluding hydrogens is 432 g/mol. The van der Waals surface area contributed by atoms with Crippen LogP contribution in [-0.4, -0.2) is 30.3 Å². The Balaban J connectivity index is 1.54. The lowest BCUT2D eigenvalue weighted by Crippen LogP contribution is -2.36. The molecule has 1 heterocycles. The second-order valence-electron chi connectivity index (χ2n) is 6.53. The minimum Gasteiger partial charge on any atom is -0.451 e. The summed E-state index contributed by atoms with van der Waals surface area (Å²) in [6, 6.07) is 19.3. The van der Waals surface area contributed by atoms with Crippen molar-refractivity contribution in [1.29, 1.82) is 0 Å². The van der Waals surface area contributed by atoms with Crippen LogP contribution in [0.3, 0.4) is 0 Å². The van der Waals surface area contributed by atoms with E-state index in [1.807, 2.05) is 47.8 Å². The topological polar surface area (TPSA) is 94.2 Å². The van der Waals surface area contributed by atoms with Crippen LogP contribution in [0, 0.1) is 0 Å². The van der Waals surface area contributed by atoms with Crippen molar-refractivity contribution in [1.82, 2.24) is 10.4 Å². The molecule has 0 saturated carbocycles. The van der Waals surface area contributed by atoms with E-state index in [0.717, 1.165) is 16.0 Å². The minimum atomic E-state index is -0.926. The number of methoxy groups -OCH3 is 1. The molecule has 1 N–H and O–H groups in total. The van der Waals surface area contributed by atoms with Gasteiger partial charge in [-0.3, -0.25) is 9.63 Å². The van der Waals surface area contributed by atoms with Crippen LogP contribution in [0.25, 0.3) is 0 Å². The Morgan fingerprint density at radius 2 is 1.66 bits per heavy atom. The number of rotatable bonds is 8. The maximum Gasteiger partial charge on any atom is 0.441 e. The molecule has 0 bridgehead atoms. The number of nitrogens with one attached hydrogen (secondary N) is 1. The molecule has 3 aromatic rings. The molecule has 0 aliphatic heterocycles. The first-order chi connectivity index (χ1) is 15.6. The van der Waals surface area contributed by atoms with E-state index in [-0.39, 0.29) is 25.3 Å². The first-order valence-electron chi connectivity index (χ1n) is 9.68. The Morgan fingerprint density at radius 1 is 0.906 bits per heavy atom. The number of carbonyl (C=O) groups excluding carboxylic acids is 3. The molecule has 0 atom stereocenters. The van der Waals surface area contributed by atoms with Gasteiger partial charge in [-0.05, 0) is 34.7 Å². The largest absolute Gasteiger partial charge is 0.451 e. The molecule has 0 aliphatic carbocycles. The molecule has 0 fully saturated rings. The van der Waals surface area contributed by atoms with Gasteiger partial charge in [0, 0.05) is 17.0 Å². The van der Waals surface area contributed by atoms with Crippen LogP contribution in [0.2, 0.25) is 0 Å². The number of nitrogens with zero attached hydrogens (tertiary/aromatic N) is 1. The second-order valence-corrected chi connectivity index (χ2v) is 7.57. The Morgan fingerprint density at radius 3 is 2.31 bits per heavy atom. The quantitative estimate of drug-likeness (QED) is 0.503. The Hall–Kier alpha value is -3.69. The van der Waals surface area contributed by atoms with Gasteiger partial charge in [-0.15, -0.1) is 16.4 Å². The lowest BCUT2D eigenvalue weighted by atomic mass is 10.1. The lowest BCUT2D eigenvalue weighted by Gasteiger charge is -2.18. The summed E-state index contributed by atoms with van der Waals surface area (Å²) in [6.45, 7) is 0.462. The molecule has 1 aromatic heterocycles. The average Bonchev–Trinajstić information content (AvgIpc) is 3.36. The van der Waals surface area contributed by atoms with Crippen LogP contribution in [0.4, 0.5) is 9.59 Å². The number of hydroxylamine groups is 2. The summed E-state index contributed by atoms with van der Waals surface area (Å²) in [5.74, 6) is -0.664. The van der Waals surface area contributed by atoms with Crippen LogP contribution >= 0.6 is 11.3 Å². The Labute approximate surface area is 189 Å². The highest BCUT2D eigenvalue weighted by Gasteiger charge is 2.25. The van der Waals surface area contributed by atoms with Crippen LogP contribution in [0.15, 0.2) is 72.1 Å². The molecule has 0 aliphatic rings. The van der Waals surface area contributed by atoms with E-state index in [0.29, 0.717) is 5.06 Å². The number of benzene rings is 2. The summed E-state index contributed by atoms with van der Waals surface area (Å²) < 4.78 is 9.80. The van der Waals surface area contributed by atoms with Crippen molar-refractivity contribution in [3.05, 3.63) is 93.7 Å². The van der Waals surface area contributed by atoms with E-state index in [2.05, 4.69) is 10.1 Å². The number of carbonyl (C=O) groups is 3. The fourth-order valence-electron chi connectivity index (χ4n) is 2.63. The monoisotopic (exact) mass is 454 g/mol. The third-order valence-electron chi connectivity index (χ3n) is 4.29. The van der Waals surface area contributed by atoms with Crippen LogP contribution in [0.1, 0.15) is 26.4 Å². The SMILES string of the molecule is COC(=O)N(OCc1ccccc1)C(=O)c1ccc(CNC(=O)OCc2cccs2)cc1. The number of hydrogen-bond donors (Lipinski definition) is 1. The third-order valence-corrected chi connectivity index (χ3v) is 5.14. The summed E-state index contributed by atoms with van der Waals surface area (Å²) in [7, 11) is 1.17. The van der Waals surface area contributed by atoms with E-state index in [9.17, 15) is 14.4 Å². The molecule has 0 spiro atoms. The van der Waals surface area contributed by atoms with E-state index in [1.165, 1.54) is 30.6 Å². The first-order valence-corrected chi connectivity index (χ1v) is 10.6. The van der Waals surface area contributed by atoms with Crippen molar-refractivity contribution < 1.29 is 28.7 Å². The molecule has 3 amide bonds. The molecule has 0 saturated heterocycles. The van der Waals surface area contributed by atoms with Crippen LogP contribution < -0.4 is 5.32 Å². The van der Waals surface area contributed by atoms with E-state index in [4.69, 9.17) is 9.57 Å². The van der Waals surface area contributed by atoms with Crippen molar-refractivity contribution in [3.63, 3.8) is 0 Å². The predicted molar refractivity (Wildman–Crippen MR) is 118 cm³/mol. The molecule has 3 rings (SSSR count). The number of imide groups is 1. The zero-order valence-electron chi connectivity index (χ0n) is 17.4. The molecule has 8 nitrogen and oxygen atoms in total. The number of thiophene rings is 1. The fraction of sp³-hybridized carbons (Fsp3) is 0.174. The van der Waals surface area contributed by atoms with Crippen molar-refractivity contribution in [2.24, 2.45) is 0 Å². The van der Waals surface area contributed by atoms with Crippen molar-refractivity contribution in [2.75, 3.05) is 7.11 Å². The molecule has 0 radical (unpaired) electrons. The van der Waals surface area contributed by atoms with Gasteiger partial charge in [0.25, 0.3) is 5.91 Å². The third kappa shape index (κ3) is 6.66. The maximum atomic E-state index is 12.8. The minimum absolute atomic E-state index is 0.0251. The Bertz CT molecular complexity index is 1020. The standard InChI is InChI=1S/C23H22N2O6S/c1-29-23(28)25(31-15-18-6-3-2-4-7-18)21(26)19-11-9-17(10-12-19)14-24-22(27)30-16-20-8-5-13-32-20/h2-13H,14-16H2,1H3,(H,24,27). The normalized spacial score (nSPS) is 10.3. The van der Waals surface area contributed by atoms with Gasteiger partial charge >= 0.3 is 12.2 Å². The van der Waals surface area contributed by atoms with E-state index in [1.54, 1.807) is 12.1 Å². The number of ether oxygens (including phenoxy) is 2. The van der Waals surface area contributed by atoms with Gasteiger partial charge in [0.15, 0.2) is 0 Å². The Kier molecular flexibility index (Phi) is 8.36. The highest BCUT2D eigenvalue weighted by molar-refractivity contribution is 7.09. The fourth-order valence-corrected chi connectivity index (χ4v) is 3.25. The van der Waals surface area contributed by atoms with Gasteiger partial charge in [0.1, 0.15) is 13.2 Å². The van der Waals surface area contributed by atoms with Gasteiger partial charge in [0.05, 0.1) is 7.11 Å². The highest BCUT2D eigenvalue weighted by atomic mass is 32.1. The number of hydrogen-bond acceptors (Lipinski definition) is 7. The zero-order valence-corrected chi connectivity index (χ0v) is 18.2. The van der Waals surface area contributed by atoms with Crippen molar-refractivity contribution in [3.8, 4) is 0 Å². The number of alkyl carbamates (subject to hydrolysis) is 1. The van der Waals surface area contributed by atoms with Gasteiger partial charge in [-0.1, -0.05) is 48.5 Å². The van der Waals surface area contributed by atoms with E-state index >= 15 is 0 Å². The van der Waals surface area contributed by atoms with Crippen molar-refractivity contribution >= 4 is 29.4 Å². The molecular formula is C23H22N2O6S. The number of amides is 3. The van der Waals surface area contributed by atoms with Gasteiger partial charge in [-0.25, -0.2) is 9.59 Å². The van der Waals surface area contributed by atoms with Gasteiger partial charge in [-0.2, -0.15) is 0 Å². The first kappa shape index (κ1) is 23.0. The summed E-state index contributed by atoms with van der Waals surface area (Å²) in [5.41, 5.74) is 1.78. The van der Waals surface area contributed by atoms with Gasteiger partial charge < -0.3 is 14.8 Å². The average molecular weight is 455 g/mol. The highest BCUT2D eigenvalue weighted by Crippen LogP contribution is 2.12. The molecule has 9 heteroatoms.